The molecule has 1 aromatic rings. The van der Waals surface area contributed by atoms with Crippen molar-refractivity contribution >= 4 is 11.7 Å². The van der Waals surface area contributed by atoms with Gasteiger partial charge in [-0.05, 0) is 12.5 Å². The summed E-state index contributed by atoms with van der Waals surface area (Å²) in [6.07, 6.45) is -5.72. The lowest BCUT2D eigenvalue weighted by Gasteiger charge is -2.10. The van der Waals surface area contributed by atoms with Crippen LogP contribution in [-0.2, 0) is 0 Å². The molecule has 0 aliphatic rings. The van der Waals surface area contributed by atoms with Crippen LogP contribution in [0.3, 0.4) is 0 Å². The van der Waals surface area contributed by atoms with Crippen LogP contribution in [0.1, 0.15) is 23.2 Å². The third-order valence-corrected chi connectivity index (χ3v) is 2.20. The number of rotatable bonds is 5. The van der Waals surface area contributed by atoms with Crippen LogP contribution < -0.4 is 10.5 Å². The van der Waals surface area contributed by atoms with E-state index in [-0.39, 0.29) is 24.3 Å². The second kappa shape index (κ2) is 5.77. The van der Waals surface area contributed by atoms with Crippen LogP contribution in [-0.4, -0.2) is 23.9 Å². The standard InChI is InChI=1S/C11H11F4NO3/c12-7-5-8(16)6(10(17)18)4-9(7)19-3-1-2-11(13,14)15/h4-5H,1-3,16H2,(H,17,18). The number of halogens is 4. The molecule has 0 aliphatic carbocycles. The molecule has 0 saturated heterocycles. The first-order valence-corrected chi connectivity index (χ1v) is 5.22. The molecule has 0 heterocycles. The topological polar surface area (TPSA) is 72.5 Å². The Balaban J connectivity index is 2.68. The summed E-state index contributed by atoms with van der Waals surface area (Å²) in [5.74, 6) is -2.74. The summed E-state index contributed by atoms with van der Waals surface area (Å²) in [4.78, 5) is 10.7. The number of nitrogens with two attached hydrogens (primary N) is 1. The fourth-order valence-corrected chi connectivity index (χ4v) is 1.32. The third-order valence-electron chi connectivity index (χ3n) is 2.20. The highest BCUT2D eigenvalue weighted by Crippen LogP contribution is 2.25. The van der Waals surface area contributed by atoms with E-state index in [1.54, 1.807) is 0 Å². The molecule has 4 nitrogen and oxygen atoms in total. The zero-order valence-electron chi connectivity index (χ0n) is 9.63. The summed E-state index contributed by atoms with van der Waals surface area (Å²) in [5.41, 5.74) is 4.63. The lowest BCUT2D eigenvalue weighted by Crippen LogP contribution is -2.10. The SMILES string of the molecule is Nc1cc(F)c(OCCCC(F)(F)F)cc1C(=O)O. The Morgan fingerprint density at radius 1 is 1.37 bits per heavy atom. The molecule has 106 valence electrons. The minimum atomic E-state index is -4.31. The molecule has 0 amide bonds. The maximum atomic E-state index is 13.3. The number of carboxylic acid groups (broad SMARTS) is 1. The fourth-order valence-electron chi connectivity index (χ4n) is 1.32. The van der Waals surface area contributed by atoms with Gasteiger partial charge in [0.05, 0.1) is 12.2 Å². The number of aromatic carboxylic acids is 1. The van der Waals surface area contributed by atoms with Crippen LogP contribution in [0.4, 0.5) is 23.2 Å². The quantitative estimate of drug-likeness (QED) is 0.494. The van der Waals surface area contributed by atoms with E-state index in [1.807, 2.05) is 0 Å². The molecule has 1 rings (SSSR count). The van der Waals surface area contributed by atoms with Crippen LogP contribution in [0.5, 0.6) is 5.75 Å². The van der Waals surface area contributed by atoms with Gasteiger partial charge in [0, 0.05) is 18.2 Å². The summed E-state index contributed by atoms with van der Waals surface area (Å²) >= 11 is 0. The molecule has 0 unspecified atom stereocenters. The molecular weight excluding hydrogens is 270 g/mol. The van der Waals surface area contributed by atoms with Crippen molar-refractivity contribution in [2.75, 3.05) is 12.3 Å². The molecule has 8 heteroatoms. The number of benzene rings is 1. The first-order chi connectivity index (χ1) is 8.70. The highest BCUT2D eigenvalue weighted by atomic mass is 19.4. The Kier molecular flexibility index (Phi) is 4.57. The summed E-state index contributed by atoms with van der Waals surface area (Å²) in [5, 5.41) is 8.75. The predicted octanol–water partition coefficient (Wildman–Crippen LogP) is 2.83. The van der Waals surface area contributed by atoms with Gasteiger partial charge in [0.25, 0.3) is 0 Å². The highest BCUT2D eigenvalue weighted by Gasteiger charge is 2.26. The Labute approximate surface area is 105 Å². The molecule has 0 aliphatic heterocycles. The molecule has 1 aromatic carbocycles. The smallest absolute Gasteiger partial charge is 0.389 e. The number of hydrogen-bond acceptors (Lipinski definition) is 3. The lowest BCUT2D eigenvalue weighted by molar-refractivity contribution is -0.136. The van der Waals surface area contributed by atoms with Gasteiger partial charge in [-0.1, -0.05) is 0 Å². The Bertz CT molecular complexity index is 474. The number of carboxylic acids is 1. The van der Waals surface area contributed by atoms with Gasteiger partial charge in [0.2, 0.25) is 0 Å². The minimum Gasteiger partial charge on any atom is -0.490 e. The van der Waals surface area contributed by atoms with Crippen molar-refractivity contribution in [1.29, 1.82) is 0 Å². The van der Waals surface area contributed by atoms with E-state index < -0.39 is 30.1 Å². The summed E-state index contributed by atoms with van der Waals surface area (Å²) in [6.45, 7) is -0.376. The average molecular weight is 281 g/mol. The van der Waals surface area contributed by atoms with Gasteiger partial charge in [0.1, 0.15) is 0 Å². The second-order valence-corrected chi connectivity index (χ2v) is 3.74. The summed E-state index contributed by atoms with van der Waals surface area (Å²) in [6, 6.07) is 1.60. The number of hydrogen-bond donors (Lipinski definition) is 2. The van der Waals surface area contributed by atoms with Crippen LogP contribution in [0.15, 0.2) is 12.1 Å². The molecular formula is C11H11F4NO3. The summed E-state index contributed by atoms with van der Waals surface area (Å²) < 4.78 is 53.7. The summed E-state index contributed by atoms with van der Waals surface area (Å²) in [7, 11) is 0. The average Bonchev–Trinajstić information content (AvgIpc) is 2.24. The number of carbonyl (C=O) groups is 1. The van der Waals surface area contributed by atoms with Gasteiger partial charge in [-0.3, -0.25) is 0 Å². The Morgan fingerprint density at radius 2 is 2.00 bits per heavy atom. The minimum absolute atomic E-state index is 0.285. The van der Waals surface area contributed by atoms with Crippen molar-refractivity contribution in [2.24, 2.45) is 0 Å². The zero-order chi connectivity index (χ0) is 14.6. The molecule has 0 radical (unpaired) electrons. The van der Waals surface area contributed by atoms with Crippen molar-refractivity contribution in [3.05, 3.63) is 23.5 Å². The first-order valence-electron chi connectivity index (χ1n) is 5.22. The van der Waals surface area contributed by atoms with Crippen molar-refractivity contribution in [3.8, 4) is 5.75 Å². The normalized spacial score (nSPS) is 11.4. The first kappa shape index (κ1) is 15.1. The second-order valence-electron chi connectivity index (χ2n) is 3.74. The van der Waals surface area contributed by atoms with Gasteiger partial charge >= 0.3 is 12.1 Å². The lowest BCUT2D eigenvalue weighted by atomic mass is 10.1. The number of nitrogen functional groups attached to an aromatic ring is 1. The molecule has 19 heavy (non-hydrogen) atoms. The van der Waals surface area contributed by atoms with E-state index in [4.69, 9.17) is 15.6 Å². The molecule has 0 bridgehead atoms. The van der Waals surface area contributed by atoms with Crippen LogP contribution in [0.25, 0.3) is 0 Å². The molecule has 0 saturated carbocycles. The molecule has 0 spiro atoms. The van der Waals surface area contributed by atoms with Gasteiger partial charge in [0.15, 0.2) is 11.6 Å². The van der Waals surface area contributed by atoms with E-state index >= 15 is 0 Å². The van der Waals surface area contributed by atoms with Gasteiger partial charge in [-0.2, -0.15) is 13.2 Å². The molecule has 0 aromatic heterocycles. The maximum absolute atomic E-state index is 13.3. The van der Waals surface area contributed by atoms with E-state index in [1.165, 1.54) is 0 Å². The Hall–Kier alpha value is -1.99. The van der Waals surface area contributed by atoms with Crippen LogP contribution in [0.2, 0.25) is 0 Å². The van der Waals surface area contributed by atoms with E-state index in [0.29, 0.717) is 0 Å². The number of alkyl halides is 3. The Morgan fingerprint density at radius 3 is 2.53 bits per heavy atom. The van der Waals surface area contributed by atoms with E-state index in [0.717, 1.165) is 12.1 Å². The number of ether oxygens (including phenoxy) is 1. The number of anilines is 1. The maximum Gasteiger partial charge on any atom is 0.389 e. The van der Waals surface area contributed by atoms with Crippen molar-refractivity contribution in [1.82, 2.24) is 0 Å². The van der Waals surface area contributed by atoms with Crippen molar-refractivity contribution in [2.45, 2.75) is 19.0 Å². The molecule has 3 N–H and O–H groups in total. The van der Waals surface area contributed by atoms with Crippen LogP contribution in [0, 0.1) is 5.82 Å². The van der Waals surface area contributed by atoms with Gasteiger partial charge in [-0.15, -0.1) is 0 Å². The highest BCUT2D eigenvalue weighted by molar-refractivity contribution is 5.94. The fraction of sp³-hybridized carbons (Fsp3) is 0.364. The van der Waals surface area contributed by atoms with Gasteiger partial charge in [-0.25, -0.2) is 9.18 Å². The van der Waals surface area contributed by atoms with Crippen molar-refractivity contribution < 1.29 is 32.2 Å². The van der Waals surface area contributed by atoms with E-state index in [2.05, 4.69) is 0 Å². The molecule has 0 fully saturated rings. The zero-order valence-corrected chi connectivity index (χ0v) is 9.63. The van der Waals surface area contributed by atoms with E-state index in [9.17, 15) is 22.4 Å². The third kappa shape index (κ3) is 4.65. The van der Waals surface area contributed by atoms with Crippen molar-refractivity contribution in [3.63, 3.8) is 0 Å². The van der Waals surface area contributed by atoms with Crippen LogP contribution >= 0.6 is 0 Å². The van der Waals surface area contributed by atoms with Gasteiger partial charge < -0.3 is 15.6 Å². The predicted molar refractivity (Wildman–Crippen MR) is 58.6 cm³/mol. The largest absolute Gasteiger partial charge is 0.490 e. The monoisotopic (exact) mass is 281 g/mol. The molecule has 0 atom stereocenters.